The van der Waals surface area contributed by atoms with Crippen molar-refractivity contribution < 1.29 is 73.1 Å². The van der Waals surface area contributed by atoms with Crippen LogP contribution in [-0.2, 0) is 52.7 Å². The fraction of sp³-hybridized carbons (Fsp3) is 0.902. The van der Waals surface area contributed by atoms with Gasteiger partial charge in [0.1, 0.15) is 11.2 Å². The number of hydrogen-bond acceptors (Lipinski definition) is 12. The summed E-state index contributed by atoms with van der Waals surface area (Å²) in [6.45, 7) is 16.7. The fourth-order valence-electron chi connectivity index (χ4n) is 11.7. The zero-order valence-electron chi connectivity index (χ0n) is 65.1. The first kappa shape index (κ1) is 98.1. The Morgan fingerprint density at radius 3 is 0.541 bits per heavy atom. The van der Waals surface area contributed by atoms with E-state index in [1.807, 2.05) is 41.5 Å². The molecule has 1 aliphatic rings. The van der Waals surface area contributed by atoms with Crippen molar-refractivity contribution in [3.8, 4) is 0 Å². The Labute approximate surface area is 600 Å². The van der Waals surface area contributed by atoms with E-state index in [0.717, 1.165) is 83.5 Å². The molecule has 578 valence electrons. The number of aliphatic carboxylic acids is 3. The molecule has 0 atom stereocenters. The molecule has 4 N–H and O–H groups in total. The number of carbonyl (C=O) groups excluding carboxylic acids is 5. The molecule has 0 aromatic heterocycles. The van der Waals surface area contributed by atoms with E-state index in [1.54, 1.807) is 20.8 Å². The Bertz CT molecular complexity index is 1850. The highest BCUT2D eigenvalue weighted by Crippen LogP contribution is 2.21. The quantitative estimate of drug-likeness (QED) is 0.0251. The zero-order chi connectivity index (χ0) is 73.7. The lowest BCUT2D eigenvalue weighted by molar-refractivity contribution is -0.197. The number of hydroxylamine groups is 2. The van der Waals surface area contributed by atoms with Crippen molar-refractivity contribution in [1.82, 2.24) is 5.06 Å². The third kappa shape index (κ3) is 89.9. The highest BCUT2D eigenvalue weighted by Gasteiger charge is 2.32. The average molecular weight is 1400 g/mol. The van der Waals surface area contributed by atoms with Gasteiger partial charge in [0.05, 0.1) is 5.60 Å². The van der Waals surface area contributed by atoms with Gasteiger partial charge in [-0.25, -0.2) is 4.79 Å². The third-order valence-corrected chi connectivity index (χ3v) is 17.1. The van der Waals surface area contributed by atoms with E-state index < -0.39 is 41.3 Å². The SMILES string of the molecule is CC(C)(C)O.CC(C)(C)OC(=O)CCCCCCCCCCCCCCCCCCCCC(=O)O.CC(C)(C)OC(=O)CCCCCCCCCCCCCCCCCCCCC(=O)ON1C(=O)CCC1=O.O=C(O)CCCCCCCCCCCCCCCCCCCCC(=O)O. The molecule has 0 saturated carbocycles. The number of esters is 2. The van der Waals surface area contributed by atoms with Gasteiger partial charge in [-0.2, -0.15) is 0 Å². The summed E-state index contributed by atoms with van der Waals surface area (Å²) in [6.07, 6.45) is 69.1. The number of ether oxygens (including phenoxy) is 2. The van der Waals surface area contributed by atoms with Gasteiger partial charge in [0, 0.05) is 51.4 Å². The monoisotopic (exact) mass is 1390 g/mol. The summed E-state index contributed by atoms with van der Waals surface area (Å²) in [7, 11) is 0. The molecule has 1 fully saturated rings. The number of imide groups is 1. The van der Waals surface area contributed by atoms with Crippen LogP contribution in [0.4, 0.5) is 0 Å². The van der Waals surface area contributed by atoms with Gasteiger partial charge in [0.2, 0.25) is 0 Å². The van der Waals surface area contributed by atoms with Crippen LogP contribution in [0.2, 0.25) is 0 Å². The van der Waals surface area contributed by atoms with Crippen LogP contribution in [0.15, 0.2) is 0 Å². The highest BCUT2D eigenvalue weighted by molar-refractivity contribution is 6.01. The number of carboxylic acids is 3. The van der Waals surface area contributed by atoms with Crippen LogP contribution in [0, 0.1) is 0 Å². The van der Waals surface area contributed by atoms with E-state index in [1.165, 1.54) is 263 Å². The van der Waals surface area contributed by atoms with E-state index >= 15 is 0 Å². The maximum atomic E-state index is 11.7. The molecule has 0 spiro atoms. The molecule has 0 radical (unpaired) electrons. The van der Waals surface area contributed by atoms with Gasteiger partial charge in [-0.3, -0.25) is 33.6 Å². The van der Waals surface area contributed by atoms with Gasteiger partial charge in [-0.05, 0) is 101 Å². The van der Waals surface area contributed by atoms with Crippen LogP contribution in [0.5, 0.6) is 0 Å². The van der Waals surface area contributed by atoms with Crippen molar-refractivity contribution in [1.29, 1.82) is 0 Å². The van der Waals surface area contributed by atoms with Crippen molar-refractivity contribution in [2.45, 2.75) is 477 Å². The summed E-state index contributed by atoms with van der Waals surface area (Å²) in [5.74, 6) is -3.47. The number of unbranched alkanes of at least 4 members (excludes halogenated alkanes) is 51. The fourth-order valence-corrected chi connectivity index (χ4v) is 11.7. The first-order valence-corrected chi connectivity index (χ1v) is 40.5. The second-order valence-electron chi connectivity index (χ2n) is 31.2. The number of carbonyl (C=O) groups is 8. The summed E-state index contributed by atoms with van der Waals surface area (Å²) in [6, 6.07) is 0. The number of aliphatic hydroxyl groups is 1. The van der Waals surface area contributed by atoms with Gasteiger partial charge >= 0.3 is 35.8 Å². The molecule has 2 amide bonds. The lowest BCUT2D eigenvalue weighted by Gasteiger charge is -2.19. The van der Waals surface area contributed by atoms with Gasteiger partial charge in [-0.15, -0.1) is 5.06 Å². The van der Waals surface area contributed by atoms with Crippen molar-refractivity contribution in [2.24, 2.45) is 0 Å². The number of carboxylic acid groups (broad SMARTS) is 3. The van der Waals surface area contributed by atoms with Gasteiger partial charge in [-0.1, -0.05) is 308 Å². The Balaban J connectivity index is -0.00000135. The number of amides is 2. The molecule has 0 unspecified atom stereocenters. The van der Waals surface area contributed by atoms with Gasteiger partial charge < -0.3 is 34.7 Å². The lowest BCUT2D eigenvalue weighted by Crippen LogP contribution is -2.31. The second-order valence-corrected chi connectivity index (χ2v) is 31.2. The first-order chi connectivity index (χ1) is 46.6. The maximum absolute atomic E-state index is 11.7. The maximum Gasteiger partial charge on any atom is 0.333 e. The van der Waals surface area contributed by atoms with E-state index in [-0.39, 0.29) is 42.4 Å². The Kier molecular flexibility index (Phi) is 70.0. The van der Waals surface area contributed by atoms with Gasteiger partial charge in [0.25, 0.3) is 11.8 Å². The zero-order valence-corrected chi connectivity index (χ0v) is 65.1. The lowest BCUT2D eigenvalue weighted by atomic mass is 10.0. The number of hydrogen-bond donors (Lipinski definition) is 4. The van der Waals surface area contributed by atoms with Crippen LogP contribution in [0.1, 0.15) is 460 Å². The Morgan fingerprint density at radius 1 is 0.265 bits per heavy atom. The molecule has 1 saturated heterocycles. The minimum Gasteiger partial charge on any atom is -0.481 e. The van der Waals surface area contributed by atoms with Crippen LogP contribution < -0.4 is 0 Å². The Hall–Kier alpha value is -4.08. The van der Waals surface area contributed by atoms with E-state index in [2.05, 4.69) is 0 Å². The minimum atomic E-state index is -0.669. The van der Waals surface area contributed by atoms with Crippen LogP contribution in [0.3, 0.4) is 0 Å². The molecule has 0 aliphatic carbocycles. The average Bonchev–Trinajstić information content (AvgIpc) is 1.75. The predicted octanol–water partition coefficient (Wildman–Crippen LogP) is 23.7. The first-order valence-electron chi connectivity index (χ1n) is 40.5. The molecule has 16 nitrogen and oxygen atoms in total. The molecule has 0 bridgehead atoms. The molecule has 1 heterocycles. The van der Waals surface area contributed by atoms with E-state index in [0.29, 0.717) is 37.2 Å². The van der Waals surface area contributed by atoms with Crippen LogP contribution in [0.25, 0.3) is 0 Å². The summed E-state index contributed by atoms with van der Waals surface area (Å²) in [4.78, 5) is 93.9. The largest absolute Gasteiger partial charge is 0.481 e. The van der Waals surface area contributed by atoms with Crippen molar-refractivity contribution in [2.75, 3.05) is 0 Å². The second kappa shape index (κ2) is 70.0. The molecule has 98 heavy (non-hydrogen) atoms. The van der Waals surface area contributed by atoms with E-state index in [9.17, 15) is 38.4 Å². The molecule has 0 aromatic rings. The number of nitrogens with zero attached hydrogens (tertiary/aromatic N) is 1. The molecular weight excluding hydrogens is 1240 g/mol. The van der Waals surface area contributed by atoms with Crippen LogP contribution in [-0.4, -0.2) is 89.9 Å². The molecule has 1 rings (SSSR count). The standard InChI is InChI=1S/C30H53NO6.C26H50O4.C22H42O4.C4H10O/c1-30(2,3)36-28(34)22-20-18-16-14-12-10-8-6-4-5-7-9-11-13-15-17-19-21-23-29(35)37-31-26(32)24-25-27(31)33;1-26(2,3)30-25(29)23-21-19-17-15-13-11-9-7-5-4-6-8-10-12-14-16-18-20-22-24(27)28;23-21(24)19-17-15-13-11-9-7-5-3-1-2-4-6-8-10-12-14-16-18-20-22(25)26;1-4(2,3)5/h4-25H2,1-3H3;4-23H2,1-3H3,(H,27,28);1-20H2,(H,23,24)(H,25,26);5H,1-3H3. The highest BCUT2D eigenvalue weighted by atomic mass is 16.7. The molecule has 1 aliphatic heterocycles. The Morgan fingerprint density at radius 2 is 0.398 bits per heavy atom. The summed E-state index contributed by atoms with van der Waals surface area (Å²) < 4.78 is 10.7. The van der Waals surface area contributed by atoms with Crippen LogP contribution >= 0.6 is 0 Å². The smallest absolute Gasteiger partial charge is 0.333 e. The molecular formula is C82H155NO15. The topological polar surface area (TPSA) is 248 Å². The van der Waals surface area contributed by atoms with Crippen molar-refractivity contribution in [3.63, 3.8) is 0 Å². The van der Waals surface area contributed by atoms with Crippen molar-refractivity contribution in [3.05, 3.63) is 0 Å². The summed E-state index contributed by atoms with van der Waals surface area (Å²) >= 11 is 0. The van der Waals surface area contributed by atoms with Gasteiger partial charge in [0.15, 0.2) is 0 Å². The molecule has 16 heteroatoms. The number of rotatable bonds is 64. The normalized spacial score (nSPS) is 12.3. The van der Waals surface area contributed by atoms with Crippen molar-refractivity contribution >= 4 is 47.6 Å². The minimum absolute atomic E-state index is 0.0597. The third-order valence-electron chi connectivity index (χ3n) is 17.1. The predicted molar refractivity (Wildman–Crippen MR) is 401 cm³/mol. The summed E-state index contributed by atoms with van der Waals surface area (Å²) in [5.41, 5.74) is -1.23. The molecule has 0 aromatic carbocycles. The summed E-state index contributed by atoms with van der Waals surface area (Å²) in [5, 5.41) is 34.8. The van der Waals surface area contributed by atoms with E-state index in [4.69, 9.17) is 34.7 Å².